The van der Waals surface area contributed by atoms with Crippen LogP contribution in [0.4, 0.5) is 5.69 Å². The van der Waals surface area contributed by atoms with Crippen molar-refractivity contribution in [3.63, 3.8) is 0 Å². The lowest BCUT2D eigenvalue weighted by molar-refractivity contribution is -0.148. The molecule has 0 aliphatic heterocycles. The number of methoxy groups -OCH3 is 1. The van der Waals surface area contributed by atoms with E-state index in [0.717, 1.165) is 17.7 Å². The van der Waals surface area contributed by atoms with Gasteiger partial charge in [0.1, 0.15) is 5.75 Å². The quantitative estimate of drug-likeness (QED) is 0.679. The van der Waals surface area contributed by atoms with Gasteiger partial charge in [0.25, 0.3) is 5.91 Å². The zero-order valence-corrected chi connectivity index (χ0v) is 16.6. The first-order valence-corrected chi connectivity index (χ1v) is 9.35. The Morgan fingerprint density at radius 3 is 2.36 bits per heavy atom. The van der Waals surface area contributed by atoms with Crippen molar-refractivity contribution in [1.82, 2.24) is 0 Å². The number of aryl methyl sites for hydroxylation is 1. The molecular formula is C22H27NO5. The fourth-order valence-electron chi connectivity index (χ4n) is 2.89. The Hall–Kier alpha value is -2.86. The van der Waals surface area contributed by atoms with E-state index in [-0.39, 0.29) is 18.9 Å². The van der Waals surface area contributed by atoms with Crippen molar-refractivity contribution in [1.29, 1.82) is 0 Å². The molecule has 2 aromatic carbocycles. The number of nitrogens with zero attached hydrogens (tertiary/aromatic N) is 1. The Bertz CT molecular complexity index is 788. The maximum absolute atomic E-state index is 12.6. The summed E-state index contributed by atoms with van der Waals surface area (Å²) < 4.78 is 10.6. The van der Waals surface area contributed by atoms with Gasteiger partial charge < -0.3 is 19.5 Å². The minimum atomic E-state index is -1.02. The number of carboxylic acids is 1. The van der Waals surface area contributed by atoms with Crippen LogP contribution in [0.3, 0.4) is 0 Å². The number of carbonyl (C=O) groups is 2. The molecule has 0 bridgehead atoms. The normalized spacial score (nSPS) is 11.7. The van der Waals surface area contributed by atoms with Crippen LogP contribution in [0.5, 0.6) is 5.75 Å². The number of ether oxygens (including phenoxy) is 2. The fraction of sp³-hybridized carbons (Fsp3) is 0.364. The largest absolute Gasteiger partial charge is 0.484 e. The molecular weight excluding hydrogens is 358 g/mol. The van der Waals surface area contributed by atoms with Gasteiger partial charge in [-0.3, -0.25) is 4.79 Å². The minimum absolute atomic E-state index is 0.0978. The standard InChI is InChI=1S/C22H27NO5/c1-4-16-9-11-18(12-10-16)23(5-2)21(24)15-28-19-8-6-7-17(13-19)14-20(27-3)22(25)26/h6-13,20H,4-5,14-15H2,1-3H3,(H,25,26). The van der Waals surface area contributed by atoms with Crippen molar-refractivity contribution < 1.29 is 24.2 Å². The summed E-state index contributed by atoms with van der Waals surface area (Å²) in [5.41, 5.74) is 2.82. The van der Waals surface area contributed by atoms with Gasteiger partial charge in [-0.2, -0.15) is 0 Å². The molecule has 0 spiro atoms. The molecule has 6 heteroatoms. The van der Waals surface area contributed by atoms with E-state index >= 15 is 0 Å². The van der Waals surface area contributed by atoms with Crippen LogP contribution in [0.1, 0.15) is 25.0 Å². The summed E-state index contributed by atoms with van der Waals surface area (Å²) in [7, 11) is 1.37. The van der Waals surface area contributed by atoms with E-state index < -0.39 is 12.1 Å². The second-order valence-electron chi connectivity index (χ2n) is 6.36. The molecule has 0 saturated heterocycles. The number of benzene rings is 2. The summed E-state index contributed by atoms with van der Waals surface area (Å²) in [4.78, 5) is 25.4. The van der Waals surface area contributed by atoms with Crippen molar-refractivity contribution in [3.05, 3.63) is 59.7 Å². The van der Waals surface area contributed by atoms with Crippen LogP contribution in [0, 0.1) is 0 Å². The number of amides is 1. The number of likely N-dealkylation sites (N-methyl/N-ethyl adjacent to an activating group) is 1. The van der Waals surface area contributed by atoms with E-state index in [2.05, 4.69) is 6.92 Å². The summed E-state index contributed by atoms with van der Waals surface area (Å²) in [5, 5.41) is 9.10. The SMILES string of the molecule is CCc1ccc(N(CC)C(=O)COc2cccc(CC(OC)C(=O)O)c2)cc1. The van der Waals surface area contributed by atoms with E-state index in [1.807, 2.05) is 31.2 Å². The van der Waals surface area contributed by atoms with Gasteiger partial charge in [-0.05, 0) is 48.7 Å². The van der Waals surface area contributed by atoms with Gasteiger partial charge in [0.05, 0.1) is 0 Å². The molecule has 2 rings (SSSR count). The lowest BCUT2D eigenvalue weighted by Gasteiger charge is -2.21. The van der Waals surface area contributed by atoms with Gasteiger partial charge in [-0.15, -0.1) is 0 Å². The molecule has 6 nitrogen and oxygen atoms in total. The molecule has 1 amide bonds. The molecule has 0 fully saturated rings. The third-order valence-corrected chi connectivity index (χ3v) is 4.52. The highest BCUT2D eigenvalue weighted by molar-refractivity contribution is 5.94. The van der Waals surface area contributed by atoms with Crippen LogP contribution in [0.2, 0.25) is 0 Å². The maximum atomic E-state index is 12.6. The Labute approximate surface area is 165 Å². The van der Waals surface area contributed by atoms with Crippen molar-refractivity contribution >= 4 is 17.6 Å². The number of hydrogen-bond donors (Lipinski definition) is 1. The highest BCUT2D eigenvalue weighted by atomic mass is 16.5. The van der Waals surface area contributed by atoms with Gasteiger partial charge in [0.2, 0.25) is 0 Å². The van der Waals surface area contributed by atoms with E-state index in [4.69, 9.17) is 14.6 Å². The molecule has 0 radical (unpaired) electrons. The molecule has 0 saturated carbocycles. The lowest BCUT2D eigenvalue weighted by Crippen LogP contribution is -2.34. The average Bonchev–Trinajstić information content (AvgIpc) is 2.71. The second kappa shape index (κ2) is 10.5. The van der Waals surface area contributed by atoms with Crippen molar-refractivity contribution in [2.45, 2.75) is 32.8 Å². The van der Waals surface area contributed by atoms with Crippen LogP contribution in [-0.2, 0) is 27.2 Å². The first kappa shape index (κ1) is 21.4. The van der Waals surface area contributed by atoms with Gasteiger partial charge in [-0.25, -0.2) is 4.79 Å². The smallest absolute Gasteiger partial charge is 0.333 e. The summed E-state index contributed by atoms with van der Waals surface area (Å²) in [6, 6.07) is 15.0. The molecule has 0 aliphatic carbocycles. The number of carbonyl (C=O) groups excluding carboxylic acids is 1. The average molecular weight is 385 g/mol. The highest BCUT2D eigenvalue weighted by Gasteiger charge is 2.18. The summed E-state index contributed by atoms with van der Waals surface area (Å²) >= 11 is 0. The molecule has 0 aromatic heterocycles. The summed E-state index contributed by atoms with van der Waals surface area (Å²) in [5.74, 6) is -0.641. The zero-order valence-electron chi connectivity index (χ0n) is 16.6. The minimum Gasteiger partial charge on any atom is -0.484 e. The molecule has 0 aliphatic rings. The number of carboxylic acid groups (broad SMARTS) is 1. The van der Waals surface area contributed by atoms with Crippen LogP contribution in [0.25, 0.3) is 0 Å². The maximum Gasteiger partial charge on any atom is 0.333 e. The number of rotatable bonds is 10. The number of anilines is 1. The molecule has 1 unspecified atom stereocenters. The number of hydrogen-bond acceptors (Lipinski definition) is 4. The van der Waals surface area contributed by atoms with E-state index in [0.29, 0.717) is 12.3 Å². The van der Waals surface area contributed by atoms with E-state index in [9.17, 15) is 9.59 Å². The predicted molar refractivity (Wildman–Crippen MR) is 108 cm³/mol. The van der Waals surface area contributed by atoms with Crippen molar-refractivity contribution in [2.75, 3.05) is 25.2 Å². The topological polar surface area (TPSA) is 76.1 Å². The Balaban J connectivity index is 2.00. The zero-order chi connectivity index (χ0) is 20.5. The Kier molecular flexibility index (Phi) is 8.02. The predicted octanol–water partition coefficient (Wildman–Crippen LogP) is 3.32. The summed E-state index contributed by atoms with van der Waals surface area (Å²) in [6.45, 7) is 4.45. The van der Waals surface area contributed by atoms with Crippen molar-refractivity contribution in [2.24, 2.45) is 0 Å². The van der Waals surface area contributed by atoms with Gasteiger partial charge in [0, 0.05) is 25.8 Å². The lowest BCUT2D eigenvalue weighted by atomic mass is 10.1. The number of aliphatic carboxylic acids is 1. The Morgan fingerprint density at radius 2 is 1.79 bits per heavy atom. The molecule has 28 heavy (non-hydrogen) atoms. The van der Waals surface area contributed by atoms with E-state index in [1.165, 1.54) is 12.7 Å². The second-order valence-corrected chi connectivity index (χ2v) is 6.36. The molecule has 150 valence electrons. The van der Waals surface area contributed by atoms with Gasteiger partial charge in [0.15, 0.2) is 12.7 Å². The first-order valence-electron chi connectivity index (χ1n) is 9.35. The molecule has 2 aromatic rings. The Morgan fingerprint density at radius 1 is 1.07 bits per heavy atom. The van der Waals surface area contributed by atoms with E-state index in [1.54, 1.807) is 29.2 Å². The third kappa shape index (κ3) is 5.82. The van der Waals surface area contributed by atoms with Crippen LogP contribution < -0.4 is 9.64 Å². The molecule has 1 N–H and O–H groups in total. The highest BCUT2D eigenvalue weighted by Crippen LogP contribution is 2.18. The monoisotopic (exact) mass is 385 g/mol. The van der Waals surface area contributed by atoms with Crippen LogP contribution in [0.15, 0.2) is 48.5 Å². The van der Waals surface area contributed by atoms with Crippen LogP contribution in [-0.4, -0.2) is 43.3 Å². The molecule has 1 atom stereocenters. The fourth-order valence-corrected chi connectivity index (χ4v) is 2.89. The van der Waals surface area contributed by atoms with Crippen LogP contribution >= 0.6 is 0 Å². The van der Waals surface area contributed by atoms with Gasteiger partial charge >= 0.3 is 5.97 Å². The summed E-state index contributed by atoms with van der Waals surface area (Å²) in [6.07, 6.45) is 0.256. The molecule has 0 heterocycles. The first-order chi connectivity index (χ1) is 13.5. The third-order valence-electron chi connectivity index (χ3n) is 4.52. The van der Waals surface area contributed by atoms with Gasteiger partial charge in [-0.1, -0.05) is 31.2 Å². The van der Waals surface area contributed by atoms with Crippen molar-refractivity contribution in [3.8, 4) is 5.75 Å².